The van der Waals surface area contributed by atoms with Gasteiger partial charge in [-0.1, -0.05) is 50.5 Å². The third-order valence-corrected chi connectivity index (χ3v) is 14.7. The summed E-state index contributed by atoms with van der Waals surface area (Å²) >= 11 is 0. The van der Waals surface area contributed by atoms with Crippen LogP contribution in [0.2, 0.25) is 0 Å². The number of nitrogens with one attached hydrogen (secondary N) is 3. The predicted octanol–water partition coefficient (Wildman–Crippen LogP) is 3.44. The molecule has 1 aromatic carbocycles. The molecule has 0 spiro atoms. The zero-order chi connectivity index (χ0) is 39.2. The Morgan fingerprint density at radius 2 is 1.73 bits per heavy atom. The zero-order valence-electron chi connectivity index (χ0n) is 31.8. The summed E-state index contributed by atoms with van der Waals surface area (Å²) in [5, 5.41) is 5.61. The summed E-state index contributed by atoms with van der Waals surface area (Å²) in [5.41, 5.74) is -1.29. The molecule has 4 amide bonds. The molecule has 3 heterocycles. The van der Waals surface area contributed by atoms with E-state index in [9.17, 15) is 32.4 Å². The van der Waals surface area contributed by atoms with Crippen LogP contribution >= 0.6 is 0 Å². The Hall–Kier alpha value is -4.47. The molecule has 6 aliphatic rings. The quantitative estimate of drug-likeness (QED) is 0.350. The Morgan fingerprint density at radius 1 is 0.964 bits per heavy atom. The first-order chi connectivity index (χ1) is 27.0. The van der Waals surface area contributed by atoms with Gasteiger partial charge in [-0.05, 0) is 94.1 Å². The Morgan fingerprint density at radius 3 is 2.48 bits per heavy atom. The fourth-order valence-corrected chi connectivity index (χ4v) is 10.8. The molecular weight excluding hydrogens is 741 g/mol. The largest absolute Gasteiger partial charge is 0.459 e. The number of carbonyl (C=O) groups excluding carboxylic acids is 4. The Kier molecular flexibility index (Phi) is 10.6. The molecule has 3 N–H and O–H groups in total. The van der Waals surface area contributed by atoms with Crippen molar-refractivity contribution in [1.82, 2.24) is 29.8 Å². The summed E-state index contributed by atoms with van der Waals surface area (Å²) in [6, 6.07) is 4.94. The van der Waals surface area contributed by atoms with Gasteiger partial charge in [0, 0.05) is 13.0 Å². The van der Waals surface area contributed by atoms with E-state index < -0.39 is 62.8 Å². The Labute approximate surface area is 326 Å². The van der Waals surface area contributed by atoms with Crippen LogP contribution in [0.25, 0.3) is 10.9 Å². The van der Waals surface area contributed by atoms with Gasteiger partial charge in [0.1, 0.15) is 29.8 Å². The summed E-state index contributed by atoms with van der Waals surface area (Å²) in [4.78, 5) is 76.5. The number of allylic oxidation sites excluding steroid dienone is 2. The third kappa shape index (κ3) is 7.64. The first kappa shape index (κ1) is 38.4. The highest BCUT2D eigenvalue weighted by atomic mass is 32.2. The lowest BCUT2D eigenvalue weighted by Gasteiger charge is -2.32. The van der Waals surface area contributed by atoms with Crippen LogP contribution in [0.3, 0.4) is 0 Å². The number of hydrogen-bond donors (Lipinski definition) is 3. The number of carbonyl (C=O) groups is 4. The fraction of sp³-hybridized carbons (Fsp3) is 0.650. The molecule has 15 nitrogen and oxygen atoms in total. The number of amides is 4. The molecule has 1 saturated heterocycles. The van der Waals surface area contributed by atoms with E-state index in [2.05, 4.69) is 15.4 Å². The lowest BCUT2D eigenvalue weighted by molar-refractivity contribution is -0.142. The molecule has 5 fully saturated rings. The van der Waals surface area contributed by atoms with Crippen LogP contribution in [0.5, 0.6) is 6.01 Å². The van der Waals surface area contributed by atoms with E-state index >= 15 is 0 Å². The van der Waals surface area contributed by atoms with Crippen molar-refractivity contribution in [2.45, 2.75) is 138 Å². The van der Waals surface area contributed by atoms with Gasteiger partial charge in [-0.3, -0.25) is 28.5 Å². The molecule has 4 aliphatic carbocycles. The fourth-order valence-electron chi connectivity index (χ4n) is 9.46. The monoisotopic (exact) mass is 792 g/mol. The summed E-state index contributed by atoms with van der Waals surface area (Å²) < 4.78 is 41.8. The molecule has 2 bridgehead atoms. The minimum absolute atomic E-state index is 0.00341. The molecule has 7 atom stereocenters. The first-order valence-electron chi connectivity index (χ1n) is 20.4. The number of sulfonamides is 1. The average molecular weight is 793 g/mol. The summed E-state index contributed by atoms with van der Waals surface area (Å²) in [7, 11) is -3.88. The molecule has 1 aromatic heterocycles. The maximum absolute atomic E-state index is 14.8. The van der Waals surface area contributed by atoms with E-state index in [0.717, 1.165) is 44.9 Å². The molecule has 2 aliphatic heterocycles. The molecule has 16 heteroatoms. The number of benzene rings is 1. The van der Waals surface area contributed by atoms with Gasteiger partial charge < -0.3 is 25.0 Å². The highest BCUT2D eigenvalue weighted by molar-refractivity contribution is 7.91. The molecular formula is C40H52N6O9S. The first-order valence-corrected chi connectivity index (χ1v) is 22.0. The SMILES string of the molecule is CC[C@@H]1C[C@]1(NC(=O)[C@@H]1C[C@@H]2CN1C(=O)[C@H](C1CCCC1)NC(=O)O[C@@H]1CCC[C@H]1CC/C=C/Cn1c(nc3ccccc3c1=O)O2)C(=O)NS(=O)(=O)C1CC1. The van der Waals surface area contributed by atoms with Crippen molar-refractivity contribution >= 4 is 44.7 Å². The topological polar surface area (TPSA) is 195 Å². The predicted molar refractivity (Wildman–Crippen MR) is 205 cm³/mol. The van der Waals surface area contributed by atoms with Gasteiger partial charge in [-0.25, -0.2) is 13.2 Å². The van der Waals surface area contributed by atoms with E-state index in [1.54, 1.807) is 24.3 Å². The standard InChI is InChI=1S/C40H52N6O9S/c1-2-26-22-40(26,37(50)44-56(52,53)28-18-19-28)43-34(47)31-21-27-23-46(31)36(49)33(25-12-5-6-13-25)42-39(51)55-32-17-10-14-24(32)11-4-3-9-20-45-35(48)29-15-7-8-16-30(29)41-38(45)54-27/h3,7-9,15-16,24-28,31-33H,2,4-6,10-14,17-23H2,1H3,(H,42,51)(H,43,47)(H,44,50)/b9-3+/t24-,26-,27-,31+,32-,33+,40-/m1/s1. The van der Waals surface area contributed by atoms with Crippen molar-refractivity contribution in [3.05, 3.63) is 46.8 Å². The second-order valence-electron chi connectivity index (χ2n) is 16.6. The van der Waals surface area contributed by atoms with Gasteiger partial charge in [-0.15, -0.1) is 0 Å². The van der Waals surface area contributed by atoms with E-state index in [4.69, 9.17) is 14.5 Å². The number of para-hydroxylation sites is 1. The number of ether oxygens (including phenoxy) is 2. The minimum atomic E-state index is -3.88. The van der Waals surface area contributed by atoms with Gasteiger partial charge in [-0.2, -0.15) is 4.98 Å². The van der Waals surface area contributed by atoms with Gasteiger partial charge in [0.2, 0.25) is 21.8 Å². The molecule has 0 unspecified atom stereocenters. The van der Waals surface area contributed by atoms with Crippen molar-refractivity contribution in [3.63, 3.8) is 0 Å². The van der Waals surface area contributed by atoms with Crippen LogP contribution in [0.4, 0.5) is 4.79 Å². The van der Waals surface area contributed by atoms with Crippen molar-refractivity contribution < 1.29 is 37.1 Å². The van der Waals surface area contributed by atoms with Gasteiger partial charge in [0.05, 0.1) is 22.7 Å². The van der Waals surface area contributed by atoms with Crippen molar-refractivity contribution in [3.8, 4) is 6.01 Å². The molecule has 0 radical (unpaired) electrons. The molecule has 4 saturated carbocycles. The second kappa shape index (κ2) is 15.5. The van der Waals surface area contributed by atoms with Crippen molar-refractivity contribution in [2.24, 2.45) is 17.8 Å². The summed E-state index contributed by atoms with van der Waals surface area (Å²) in [6.07, 6.45) is 11.2. The highest BCUT2D eigenvalue weighted by Gasteiger charge is 2.62. The third-order valence-electron chi connectivity index (χ3n) is 12.9. The van der Waals surface area contributed by atoms with E-state index in [1.807, 2.05) is 19.1 Å². The normalized spacial score (nSPS) is 31.9. The van der Waals surface area contributed by atoms with E-state index in [-0.39, 0.29) is 61.4 Å². The van der Waals surface area contributed by atoms with Crippen LogP contribution < -0.4 is 25.7 Å². The van der Waals surface area contributed by atoms with Gasteiger partial charge in [0.25, 0.3) is 17.5 Å². The number of fused-ring (bicyclic) bond motifs is 5. The lowest BCUT2D eigenvalue weighted by atomic mass is 9.96. The Balaban J connectivity index is 1.14. The number of alkyl carbamates (subject to hydrolysis) is 1. The molecule has 56 heavy (non-hydrogen) atoms. The van der Waals surface area contributed by atoms with E-state index in [1.165, 1.54) is 9.47 Å². The number of aromatic nitrogens is 2. The minimum Gasteiger partial charge on any atom is -0.459 e. The van der Waals surface area contributed by atoms with Crippen LogP contribution in [0, 0.1) is 17.8 Å². The summed E-state index contributed by atoms with van der Waals surface area (Å²) in [5.74, 6) is -2.19. The van der Waals surface area contributed by atoms with Crippen LogP contribution in [-0.4, -0.2) is 88.3 Å². The maximum atomic E-state index is 14.8. The summed E-state index contributed by atoms with van der Waals surface area (Å²) in [6.45, 7) is 1.99. The van der Waals surface area contributed by atoms with Gasteiger partial charge in [0.15, 0.2) is 0 Å². The maximum Gasteiger partial charge on any atom is 0.408 e. The number of rotatable bonds is 7. The smallest absolute Gasteiger partial charge is 0.408 e. The second-order valence-corrected chi connectivity index (χ2v) is 18.6. The average Bonchev–Trinajstić information content (AvgIpc) is 3.96. The van der Waals surface area contributed by atoms with E-state index in [0.29, 0.717) is 43.0 Å². The zero-order valence-corrected chi connectivity index (χ0v) is 32.6. The molecule has 302 valence electrons. The van der Waals surface area contributed by atoms with Crippen molar-refractivity contribution in [2.75, 3.05) is 6.54 Å². The molecule has 2 aromatic rings. The van der Waals surface area contributed by atoms with Crippen molar-refractivity contribution in [1.29, 1.82) is 0 Å². The highest BCUT2D eigenvalue weighted by Crippen LogP contribution is 2.47. The van der Waals surface area contributed by atoms with Crippen LogP contribution in [0.15, 0.2) is 41.2 Å². The van der Waals surface area contributed by atoms with Crippen LogP contribution in [-0.2, 0) is 35.7 Å². The number of hydrogen-bond acceptors (Lipinski definition) is 10. The van der Waals surface area contributed by atoms with Gasteiger partial charge >= 0.3 is 6.09 Å². The Bertz CT molecular complexity index is 2080. The molecule has 8 rings (SSSR count). The van der Waals surface area contributed by atoms with Crippen LogP contribution in [0.1, 0.15) is 96.8 Å². The number of nitrogens with zero attached hydrogens (tertiary/aromatic N) is 3. The lowest BCUT2D eigenvalue weighted by Crippen LogP contribution is -2.59.